The van der Waals surface area contributed by atoms with E-state index in [9.17, 15) is 0 Å². The monoisotopic (exact) mass is 134 g/mol. The van der Waals surface area contributed by atoms with Gasteiger partial charge in [0.25, 0.3) is 0 Å². The van der Waals surface area contributed by atoms with Crippen LogP contribution in [0.4, 0.5) is 5.69 Å². The Bertz CT molecular complexity index is 216. The first-order valence-corrected chi connectivity index (χ1v) is 3.35. The Morgan fingerprint density at radius 2 is 2.00 bits per heavy atom. The lowest BCUT2D eigenvalue weighted by Crippen LogP contribution is -2.08. The zero-order valence-corrected chi connectivity index (χ0v) is 6.68. The van der Waals surface area contributed by atoms with E-state index < -0.39 is 0 Å². The molecule has 10 heavy (non-hydrogen) atoms. The molecule has 0 saturated carbocycles. The molecule has 0 saturated heterocycles. The summed E-state index contributed by atoms with van der Waals surface area (Å²) in [6.07, 6.45) is 0. The minimum absolute atomic E-state index is 1.21. The molecule has 0 unspecified atom stereocenters. The maximum atomic E-state index is 3.07. The summed E-state index contributed by atoms with van der Waals surface area (Å²) in [4.78, 5) is 2.07. The zero-order chi connectivity index (χ0) is 7.56. The van der Waals surface area contributed by atoms with Crippen LogP contribution in [0.15, 0.2) is 18.2 Å². The molecular weight excluding hydrogens is 122 g/mol. The number of nitrogens with zero attached hydrogens (tertiary/aromatic N) is 1. The summed E-state index contributed by atoms with van der Waals surface area (Å²) in [6.45, 7) is 2.07. The fraction of sp³-hybridized carbons (Fsp3) is 0.333. The average Bonchev–Trinajstić information content (AvgIpc) is 1.88. The molecule has 1 rings (SSSR count). The van der Waals surface area contributed by atoms with Crippen LogP contribution in [0.1, 0.15) is 5.56 Å². The van der Waals surface area contributed by atoms with Crippen LogP contribution >= 0.6 is 0 Å². The summed E-state index contributed by atoms with van der Waals surface area (Å²) in [7, 11) is 4.06. The smallest absolute Gasteiger partial charge is 0.0369 e. The summed E-state index contributed by atoms with van der Waals surface area (Å²) in [5.74, 6) is 0. The molecule has 1 aromatic carbocycles. The third kappa shape index (κ3) is 1.50. The molecule has 1 radical (unpaired) electrons. The lowest BCUT2D eigenvalue weighted by Gasteiger charge is -2.11. The molecule has 0 spiro atoms. The Labute approximate surface area is 62.3 Å². The molecule has 0 aromatic heterocycles. The Balaban J connectivity index is 2.96. The van der Waals surface area contributed by atoms with Gasteiger partial charge in [0.2, 0.25) is 0 Å². The molecule has 1 nitrogen and oxygen atoms in total. The van der Waals surface area contributed by atoms with E-state index in [0.29, 0.717) is 0 Å². The van der Waals surface area contributed by atoms with Crippen molar-refractivity contribution in [2.24, 2.45) is 0 Å². The second kappa shape index (κ2) is 2.74. The van der Waals surface area contributed by atoms with E-state index in [-0.39, 0.29) is 0 Å². The van der Waals surface area contributed by atoms with Gasteiger partial charge < -0.3 is 4.90 Å². The predicted octanol–water partition coefficient (Wildman–Crippen LogP) is 1.86. The van der Waals surface area contributed by atoms with Crippen LogP contribution in [0.5, 0.6) is 0 Å². The Morgan fingerprint density at radius 1 is 1.30 bits per heavy atom. The first-order valence-electron chi connectivity index (χ1n) is 3.35. The predicted molar refractivity (Wildman–Crippen MR) is 44.3 cm³/mol. The van der Waals surface area contributed by atoms with Gasteiger partial charge in [-0.3, -0.25) is 0 Å². The maximum Gasteiger partial charge on any atom is 0.0369 e. The molecule has 0 heterocycles. The van der Waals surface area contributed by atoms with E-state index >= 15 is 0 Å². The highest BCUT2D eigenvalue weighted by Crippen LogP contribution is 2.11. The van der Waals surface area contributed by atoms with Gasteiger partial charge in [0.1, 0.15) is 0 Å². The highest BCUT2D eigenvalue weighted by molar-refractivity contribution is 5.46. The Kier molecular flexibility index (Phi) is 1.95. The maximum absolute atomic E-state index is 3.07. The van der Waals surface area contributed by atoms with Crippen LogP contribution in [0.2, 0.25) is 0 Å². The quantitative estimate of drug-likeness (QED) is 0.566. The van der Waals surface area contributed by atoms with E-state index in [1.165, 1.54) is 11.3 Å². The van der Waals surface area contributed by atoms with Gasteiger partial charge in [-0.1, -0.05) is 6.07 Å². The normalized spacial score (nSPS) is 9.50. The number of hydrogen-bond acceptors (Lipinski definition) is 1. The molecule has 53 valence electrons. The molecule has 0 aliphatic carbocycles. The van der Waals surface area contributed by atoms with Crippen LogP contribution in [0.25, 0.3) is 0 Å². The molecule has 1 aromatic rings. The highest BCUT2D eigenvalue weighted by atomic mass is 15.1. The Morgan fingerprint density at radius 3 is 2.40 bits per heavy atom. The molecule has 0 bridgehead atoms. The van der Waals surface area contributed by atoms with Gasteiger partial charge in [0.15, 0.2) is 0 Å². The fourth-order valence-electron chi connectivity index (χ4n) is 0.833. The van der Waals surface area contributed by atoms with Crippen molar-refractivity contribution in [3.8, 4) is 0 Å². The van der Waals surface area contributed by atoms with Gasteiger partial charge in [-0.15, -0.1) is 0 Å². The van der Waals surface area contributed by atoms with Gasteiger partial charge in [0.05, 0.1) is 0 Å². The van der Waals surface area contributed by atoms with Crippen molar-refractivity contribution in [1.82, 2.24) is 0 Å². The second-order valence-corrected chi connectivity index (χ2v) is 2.66. The lowest BCUT2D eigenvalue weighted by atomic mass is 10.2. The van der Waals surface area contributed by atoms with Crippen LogP contribution in [0.3, 0.4) is 0 Å². The van der Waals surface area contributed by atoms with E-state index in [2.05, 4.69) is 24.0 Å². The van der Waals surface area contributed by atoms with Gasteiger partial charge in [-0.05, 0) is 30.7 Å². The molecule has 0 N–H and O–H groups in total. The highest BCUT2D eigenvalue weighted by Gasteiger charge is 1.92. The summed E-state index contributed by atoms with van der Waals surface area (Å²) in [6, 6.07) is 9.16. The zero-order valence-electron chi connectivity index (χ0n) is 6.68. The average molecular weight is 134 g/mol. The van der Waals surface area contributed by atoms with Crippen LogP contribution < -0.4 is 4.90 Å². The van der Waals surface area contributed by atoms with Gasteiger partial charge in [-0.2, -0.15) is 0 Å². The van der Waals surface area contributed by atoms with Crippen LogP contribution in [-0.2, 0) is 0 Å². The fourth-order valence-corrected chi connectivity index (χ4v) is 0.833. The van der Waals surface area contributed by atoms with E-state index in [1.807, 2.05) is 26.2 Å². The van der Waals surface area contributed by atoms with E-state index in [4.69, 9.17) is 0 Å². The molecule has 0 aliphatic rings. The van der Waals surface area contributed by atoms with Gasteiger partial charge in [0, 0.05) is 19.8 Å². The first-order chi connectivity index (χ1) is 4.70. The minimum atomic E-state index is 1.21. The molecule has 0 atom stereocenters. The number of aryl methyl sites for hydroxylation is 1. The van der Waals surface area contributed by atoms with Crippen molar-refractivity contribution in [3.05, 3.63) is 29.8 Å². The minimum Gasteiger partial charge on any atom is -0.378 e. The standard InChI is InChI=1S/C9H12N/c1-8-5-4-6-9(7-8)10(2)3/h5-7H,1-3H3. The topological polar surface area (TPSA) is 3.24 Å². The largest absolute Gasteiger partial charge is 0.378 e. The lowest BCUT2D eigenvalue weighted by molar-refractivity contribution is 1.13. The number of rotatable bonds is 1. The van der Waals surface area contributed by atoms with Crippen molar-refractivity contribution < 1.29 is 0 Å². The van der Waals surface area contributed by atoms with Crippen molar-refractivity contribution in [3.63, 3.8) is 0 Å². The van der Waals surface area contributed by atoms with Crippen molar-refractivity contribution >= 4 is 5.69 Å². The van der Waals surface area contributed by atoms with Crippen molar-refractivity contribution in [2.45, 2.75) is 6.92 Å². The molecule has 0 fully saturated rings. The van der Waals surface area contributed by atoms with E-state index in [1.54, 1.807) is 0 Å². The third-order valence-electron chi connectivity index (χ3n) is 1.43. The number of anilines is 1. The molecule has 0 amide bonds. The van der Waals surface area contributed by atoms with E-state index in [0.717, 1.165) is 0 Å². The third-order valence-corrected chi connectivity index (χ3v) is 1.43. The van der Waals surface area contributed by atoms with Gasteiger partial charge in [-0.25, -0.2) is 0 Å². The molecule has 1 heteroatoms. The summed E-state index contributed by atoms with van der Waals surface area (Å²) < 4.78 is 0. The van der Waals surface area contributed by atoms with Gasteiger partial charge >= 0.3 is 0 Å². The van der Waals surface area contributed by atoms with Crippen LogP contribution in [0, 0.1) is 13.0 Å². The summed E-state index contributed by atoms with van der Waals surface area (Å²) in [5, 5.41) is 0. The first kappa shape index (κ1) is 7.13. The number of hydrogen-bond donors (Lipinski definition) is 0. The second-order valence-electron chi connectivity index (χ2n) is 2.66. The number of benzene rings is 1. The van der Waals surface area contributed by atoms with Crippen molar-refractivity contribution in [1.29, 1.82) is 0 Å². The summed E-state index contributed by atoms with van der Waals surface area (Å²) >= 11 is 0. The summed E-state index contributed by atoms with van der Waals surface area (Å²) in [5.41, 5.74) is 2.46. The Hall–Kier alpha value is -0.980. The SMILES string of the molecule is Cc1c[c]cc(N(C)C)c1. The molecule has 0 aliphatic heterocycles. The molecular formula is C9H12N. The van der Waals surface area contributed by atoms with Crippen molar-refractivity contribution in [2.75, 3.05) is 19.0 Å². The van der Waals surface area contributed by atoms with Crippen LogP contribution in [-0.4, -0.2) is 14.1 Å².